The lowest BCUT2D eigenvalue weighted by molar-refractivity contribution is 0.648. The van der Waals surface area contributed by atoms with E-state index in [0.29, 0.717) is 0 Å². The van der Waals surface area contributed by atoms with E-state index >= 15 is 0 Å². The van der Waals surface area contributed by atoms with Gasteiger partial charge in [0.15, 0.2) is 0 Å². The molecule has 4 heteroatoms. The Morgan fingerprint density at radius 1 is 0.202 bits per heavy atom. The molecular formula is C110H74N2OS. The summed E-state index contributed by atoms with van der Waals surface area (Å²) in [5, 5.41) is 4.73. The van der Waals surface area contributed by atoms with Crippen molar-refractivity contribution >= 4 is 87.6 Å². The Labute approximate surface area is 668 Å². The van der Waals surface area contributed by atoms with Gasteiger partial charge in [0.2, 0.25) is 0 Å². The Hall–Kier alpha value is -14.4. The summed E-state index contributed by atoms with van der Waals surface area (Å²) in [6.07, 6.45) is 0. The van der Waals surface area contributed by atoms with E-state index < -0.39 is 10.8 Å². The molecule has 0 saturated heterocycles. The first-order valence-corrected chi connectivity index (χ1v) is 40.0. The SMILES string of the molecule is c1ccc(-c2ccc(N(c3ccc(-c4ccccc4)cc3)c3ccc4oc5c(C6(c7ccccc7)c7ccccc7-c7ccccc76)cccc5c4c3)cc2)cc1.c1ccc(-c2ccc(N(c3ccc(-c4ccccc4)cc3)c3ccc4sc5c(C6(c7ccccc7)c7ccccc7-c7ccccc76)cccc5c4c3)cc2)cc1. The highest BCUT2D eigenvalue weighted by Crippen LogP contribution is 2.60. The molecule has 0 radical (unpaired) electrons. The summed E-state index contributed by atoms with van der Waals surface area (Å²) in [6.45, 7) is 0. The highest BCUT2D eigenvalue weighted by atomic mass is 32.1. The van der Waals surface area contributed by atoms with Crippen molar-refractivity contribution in [3.05, 3.63) is 493 Å². The topological polar surface area (TPSA) is 19.6 Å². The number of fused-ring (bicyclic) bond motifs is 12. The number of para-hydroxylation sites is 1. The molecule has 0 amide bonds. The predicted molar refractivity (Wildman–Crippen MR) is 479 cm³/mol. The van der Waals surface area contributed by atoms with Crippen LogP contribution in [0.2, 0.25) is 0 Å². The summed E-state index contributed by atoms with van der Waals surface area (Å²) in [5.74, 6) is 0. The second-order valence-electron chi connectivity index (χ2n) is 29.7. The smallest absolute Gasteiger partial charge is 0.140 e. The summed E-state index contributed by atoms with van der Waals surface area (Å²) in [4.78, 5) is 4.74. The molecule has 0 N–H and O–H groups in total. The first-order chi connectivity index (χ1) is 56.5. The summed E-state index contributed by atoms with van der Waals surface area (Å²) in [7, 11) is 0. The van der Waals surface area contributed by atoms with Gasteiger partial charge >= 0.3 is 0 Å². The zero-order valence-electron chi connectivity index (χ0n) is 62.4. The van der Waals surface area contributed by atoms with Gasteiger partial charge in [-0.2, -0.15) is 0 Å². The van der Waals surface area contributed by atoms with E-state index in [1.807, 2.05) is 11.3 Å². The molecule has 0 spiro atoms. The monoisotopic (exact) mass is 1470 g/mol. The Morgan fingerprint density at radius 2 is 0.491 bits per heavy atom. The van der Waals surface area contributed by atoms with Crippen molar-refractivity contribution in [1.82, 2.24) is 0 Å². The maximum Gasteiger partial charge on any atom is 0.140 e. The van der Waals surface area contributed by atoms with Crippen LogP contribution in [0, 0.1) is 0 Å². The van der Waals surface area contributed by atoms with Gasteiger partial charge in [0.1, 0.15) is 11.2 Å². The Morgan fingerprint density at radius 3 is 0.877 bits per heavy atom. The highest BCUT2D eigenvalue weighted by Gasteiger charge is 2.49. The third kappa shape index (κ3) is 11.3. The van der Waals surface area contributed by atoms with Crippen molar-refractivity contribution in [3.8, 4) is 66.8 Å². The van der Waals surface area contributed by atoms with Gasteiger partial charge in [-0.1, -0.05) is 364 Å². The Balaban J connectivity index is 0.000000143. The van der Waals surface area contributed by atoms with E-state index in [1.54, 1.807) is 0 Å². The molecule has 2 heterocycles. The lowest BCUT2D eigenvalue weighted by Crippen LogP contribution is -2.28. The van der Waals surface area contributed by atoms with Gasteiger partial charge in [-0.05, 0) is 191 Å². The van der Waals surface area contributed by atoms with E-state index in [1.165, 1.54) is 126 Å². The van der Waals surface area contributed by atoms with Gasteiger partial charge in [0, 0.05) is 70.6 Å². The molecule has 2 aliphatic carbocycles. The zero-order valence-corrected chi connectivity index (χ0v) is 63.3. The van der Waals surface area contributed by atoms with E-state index in [9.17, 15) is 0 Å². The normalized spacial score (nSPS) is 12.7. The number of furan rings is 1. The van der Waals surface area contributed by atoms with Crippen LogP contribution in [0.15, 0.2) is 453 Å². The molecule has 0 saturated carbocycles. The molecular weight excluding hydrogens is 1400 g/mol. The first kappa shape index (κ1) is 67.7. The fraction of sp³-hybridized carbons (Fsp3) is 0.0182. The van der Waals surface area contributed by atoms with Gasteiger partial charge < -0.3 is 14.2 Å². The van der Waals surface area contributed by atoms with Crippen molar-refractivity contribution in [2.75, 3.05) is 9.80 Å². The minimum Gasteiger partial charge on any atom is -0.456 e. The summed E-state index contributed by atoms with van der Waals surface area (Å²) < 4.78 is 9.64. The van der Waals surface area contributed by atoms with E-state index in [0.717, 1.165) is 61.6 Å². The second-order valence-corrected chi connectivity index (χ2v) is 30.7. The lowest BCUT2D eigenvalue weighted by Gasteiger charge is -2.34. The van der Waals surface area contributed by atoms with Crippen molar-refractivity contribution < 1.29 is 4.42 Å². The minimum atomic E-state index is -0.558. The molecule has 2 aliphatic rings. The predicted octanol–water partition coefficient (Wildman–Crippen LogP) is 30.0. The van der Waals surface area contributed by atoms with Gasteiger partial charge in [0.25, 0.3) is 0 Å². The van der Waals surface area contributed by atoms with Crippen LogP contribution in [0.4, 0.5) is 34.1 Å². The van der Waals surface area contributed by atoms with Crippen LogP contribution in [0.5, 0.6) is 0 Å². The minimum absolute atomic E-state index is 0.454. The highest BCUT2D eigenvalue weighted by molar-refractivity contribution is 7.26. The fourth-order valence-corrected chi connectivity index (χ4v) is 19.7. The first-order valence-electron chi connectivity index (χ1n) is 39.2. The summed E-state index contributed by atoms with van der Waals surface area (Å²) in [6, 6.07) is 163. The van der Waals surface area contributed by atoms with Crippen molar-refractivity contribution in [1.29, 1.82) is 0 Å². The number of thiophene rings is 1. The number of hydrogen-bond donors (Lipinski definition) is 0. The molecule has 18 aromatic carbocycles. The molecule has 114 heavy (non-hydrogen) atoms. The van der Waals surface area contributed by atoms with Crippen LogP contribution < -0.4 is 9.80 Å². The number of nitrogens with zero attached hydrogens (tertiary/aromatic N) is 2. The van der Waals surface area contributed by atoms with Gasteiger partial charge in [-0.15, -0.1) is 11.3 Å². The molecule has 0 unspecified atom stereocenters. The molecule has 0 bridgehead atoms. The van der Waals surface area contributed by atoms with E-state index in [2.05, 4.69) is 459 Å². The van der Waals surface area contributed by atoms with Gasteiger partial charge in [0.05, 0.1) is 10.8 Å². The number of rotatable bonds is 14. The Kier molecular flexibility index (Phi) is 16.9. The second kappa shape index (κ2) is 28.5. The van der Waals surface area contributed by atoms with Crippen molar-refractivity contribution in [3.63, 3.8) is 0 Å². The van der Waals surface area contributed by atoms with Gasteiger partial charge in [-0.25, -0.2) is 0 Å². The molecule has 2 aromatic heterocycles. The number of anilines is 6. The van der Waals surface area contributed by atoms with Crippen LogP contribution in [0.25, 0.3) is 109 Å². The largest absolute Gasteiger partial charge is 0.456 e. The van der Waals surface area contributed by atoms with Crippen LogP contribution in [0.3, 0.4) is 0 Å². The van der Waals surface area contributed by atoms with Crippen LogP contribution >= 0.6 is 11.3 Å². The lowest BCUT2D eigenvalue weighted by atomic mass is 9.67. The van der Waals surface area contributed by atoms with Gasteiger partial charge in [-0.3, -0.25) is 0 Å². The fourth-order valence-electron chi connectivity index (χ4n) is 18.4. The molecule has 3 nitrogen and oxygen atoms in total. The Bertz CT molecular complexity index is 6240. The summed E-state index contributed by atoms with van der Waals surface area (Å²) >= 11 is 1.91. The van der Waals surface area contributed by atoms with Crippen LogP contribution in [-0.2, 0) is 10.8 Å². The molecule has 20 aromatic rings. The quantitative estimate of drug-likeness (QED) is 0.108. The van der Waals surface area contributed by atoms with Crippen molar-refractivity contribution in [2.45, 2.75) is 10.8 Å². The molecule has 22 rings (SSSR count). The van der Waals surface area contributed by atoms with Crippen LogP contribution in [0.1, 0.15) is 44.5 Å². The number of benzene rings is 18. The van der Waals surface area contributed by atoms with E-state index in [4.69, 9.17) is 4.42 Å². The molecule has 536 valence electrons. The molecule has 0 aliphatic heterocycles. The maximum atomic E-state index is 7.03. The average molecular weight is 1470 g/mol. The third-order valence-corrected chi connectivity index (χ3v) is 24.8. The average Bonchev–Trinajstić information content (AvgIpc) is 1.53. The standard InChI is InChI=1S/C55H37NO.C55H37NS/c2*1-4-15-38(16-5-1)40-27-31-43(32-28-40)56(44-33-29-41(30-34-44)39-17-6-2-7-18-39)45-35-36-53-49(37-45)48-23-14-26-52(54(48)57-53)55(42-19-8-3-9-20-42)50-24-12-10-21-46(50)47-22-11-13-25-51(47)55/h2*1-37H. The van der Waals surface area contributed by atoms with E-state index in [-0.39, 0.29) is 0 Å². The number of hydrogen-bond acceptors (Lipinski definition) is 4. The molecule has 0 fully saturated rings. The summed E-state index contributed by atoms with van der Waals surface area (Å²) in [5.41, 5.74) is 32.3. The zero-order chi connectivity index (χ0) is 75.5. The van der Waals surface area contributed by atoms with Crippen molar-refractivity contribution in [2.24, 2.45) is 0 Å². The van der Waals surface area contributed by atoms with Crippen LogP contribution in [-0.4, -0.2) is 0 Å². The maximum absolute atomic E-state index is 7.03. The third-order valence-electron chi connectivity index (χ3n) is 23.5. The molecule has 0 atom stereocenters.